The number of para-hydroxylation sites is 1. The van der Waals surface area contributed by atoms with Gasteiger partial charge in [0.2, 0.25) is 0 Å². The first-order valence-corrected chi connectivity index (χ1v) is 7.48. The molecule has 0 atom stereocenters. The fourth-order valence-electron chi connectivity index (χ4n) is 2.39. The molecule has 1 amide bonds. The molecule has 0 bridgehead atoms. The van der Waals surface area contributed by atoms with Crippen LogP contribution in [0, 0.1) is 0 Å². The number of hydrogen-bond acceptors (Lipinski definition) is 3. The average molecular weight is 321 g/mol. The van der Waals surface area contributed by atoms with Gasteiger partial charge in [0, 0.05) is 35.0 Å². The van der Waals surface area contributed by atoms with Crippen LogP contribution in [-0.2, 0) is 4.79 Å². The van der Waals surface area contributed by atoms with E-state index in [2.05, 4.69) is 15.6 Å². The molecule has 1 heterocycles. The number of rotatable bonds is 5. The van der Waals surface area contributed by atoms with Gasteiger partial charge in [-0.2, -0.15) is 0 Å². The summed E-state index contributed by atoms with van der Waals surface area (Å²) in [6, 6.07) is 18.9. The van der Waals surface area contributed by atoms with E-state index in [4.69, 9.17) is 0 Å². The summed E-state index contributed by atoms with van der Waals surface area (Å²) in [5.74, 6) is -0.659. The van der Waals surface area contributed by atoms with Crippen molar-refractivity contribution in [1.29, 1.82) is 0 Å². The van der Waals surface area contributed by atoms with E-state index in [1.807, 2.05) is 48.5 Å². The summed E-state index contributed by atoms with van der Waals surface area (Å²) < 4.78 is 12.5. The van der Waals surface area contributed by atoms with Gasteiger partial charge in [-0.25, -0.2) is 4.39 Å². The minimum absolute atomic E-state index is 0.584. The maximum absolute atomic E-state index is 12.5. The van der Waals surface area contributed by atoms with Crippen molar-refractivity contribution in [3.8, 4) is 11.1 Å². The van der Waals surface area contributed by atoms with Crippen LogP contribution in [0.5, 0.6) is 0 Å². The van der Waals surface area contributed by atoms with Gasteiger partial charge in [-0.3, -0.25) is 9.78 Å². The summed E-state index contributed by atoms with van der Waals surface area (Å²) >= 11 is 0. The predicted octanol–water partition coefficient (Wildman–Crippen LogP) is 4.40. The number of hydrogen-bond donors (Lipinski definition) is 2. The van der Waals surface area contributed by atoms with Crippen molar-refractivity contribution < 1.29 is 9.18 Å². The molecule has 5 heteroatoms. The van der Waals surface area contributed by atoms with Crippen LogP contribution < -0.4 is 10.6 Å². The number of aromatic nitrogens is 1. The maximum Gasteiger partial charge on any atom is 0.255 e. The van der Waals surface area contributed by atoms with Crippen molar-refractivity contribution in [3.05, 3.63) is 73.1 Å². The number of carbonyl (C=O) groups is 1. The third-order valence-corrected chi connectivity index (χ3v) is 3.47. The number of benzene rings is 2. The molecule has 4 nitrogen and oxygen atoms in total. The summed E-state index contributed by atoms with van der Waals surface area (Å²) in [4.78, 5) is 15.4. The molecule has 2 aromatic carbocycles. The first-order chi connectivity index (χ1) is 11.8. The third-order valence-electron chi connectivity index (χ3n) is 3.47. The van der Waals surface area contributed by atoms with Crippen LogP contribution in [-0.4, -0.2) is 17.6 Å². The summed E-state index contributed by atoms with van der Waals surface area (Å²) in [6.45, 7) is -1.04. The van der Waals surface area contributed by atoms with Gasteiger partial charge < -0.3 is 10.6 Å². The third kappa shape index (κ3) is 3.76. The van der Waals surface area contributed by atoms with E-state index in [0.29, 0.717) is 5.69 Å². The largest absolute Gasteiger partial charge is 0.355 e. The second kappa shape index (κ2) is 7.37. The monoisotopic (exact) mass is 321 g/mol. The minimum Gasteiger partial charge on any atom is -0.355 e. The van der Waals surface area contributed by atoms with Crippen LogP contribution in [0.4, 0.5) is 21.5 Å². The van der Waals surface area contributed by atoms with E-state index in [9.17, 15) is 9.18 Å². The average Bonchev–Trinajstić information content (AvgIpc) is 2.63. The lowest BCUT2D eigenvalue weighted by atomic mass is 10.0. The molecule has 0 fully saturated rings. The van der Waals surface area contributed by atoms with Gasteiger partial charge in [0.25, 0.3) is 5.91 Å². The highest BCUT2D eigenvalue weighted by Crippen LogP contribution is 2.30. The second-order valence-corrected chi connectivity index (χ2v) is 5.17. The molecule has 0 spiro atoms. The summed E-state index contributed by atoms with van der Waals surface area (Å²) in [6.07, 6.45) is 3.43. The Bertz CT molecular complexity index is 837. The minimum atomic E-state index is -1.04. The molecule has 0 aliphatic rings. The predicted molar refractivity (Wildman–Crippen MR) is 94.0 cm³/mol. The fourth-order valence-corrected chi connectivity index (χ4v) is 2.39. The van der Waals surface area contributed by atoms with Gasteiger partial charge in [-0.05, 0) is 35.9 Å². The van der Waals surface area contributed by atoms with Crippen molar-refractivity contribution in [2.45, 2.75) is 0 Å². The molecule has 0 saturated heterocycles. The first kappa shape index (κ1) is 15.7. The molecule has 0 unspecified atom stereocenters. The van der Waals surface area contributed by atoms with E-state index in [1.165, 1.54) is 0 Å². The van der Waals surface area contributed by atoms with Crippen LogP contribution in [0.15, 0.2) is 73.1 Å². The Kier molecular flexibility index (Phi) is 4.81. The molecule has 3 rings (SSSR count). The topological polar surface area (TPSA) is 54.0 Å². The number of alkyl halides is 1. The van der Waals surface area contributed by atoms with E-state index < -0.39 is 12.6 Å². The molecule has 0 aliphatic carbocycles. The van der Waals surface area contributed by atoms with Gasteiger partial charge >= 0.3 is 0 Å². The van der Waals surface area contributed by atoms with Crippen LogP contribution in [0.25, 0.3) is 11.1 Å². The van der Waals surface area contributed by atoms with Crippen molar-refractivity contribution in [2.75, 3.05) is 17.3 Å². The lowest BCUT2D eigenvalue weighted by Gasteiger charge is -2.12. The maximum atomic E-state index is 12.5. The molecule has 3 aromatic rings. The van der Waals surface area contributed by atoms with Gasteiger partial charge in [0.15, 0.2) is 6.67 Å². The Morgan fingerprint density at radius 2 is 1.75 bits per heavy atom. The fraction of sp³-hybridized carbons (Fsp3) is 0.0526. The standard InChI is InChI=1S/C19H16FN3O/c20-13-19(24)23-18-7-2-1-6-17(18)14-4-3-5-16(12-14)22-15-8-10-21-11-9-15/h1-12H,13H2,(H,21,22)(H,23,24). The summed E-state index contributed by atoms with van der Waals surface area (Å²) in [5, 5.41) is 5.88. The molecule has 0 saturated carbocycles. The van der Waals surface area contributed by atoms with Gasteiger partial charge in [-0.15, -0.1) is 0 Å². The lowest BCUT2D eigenvalue weighted by molar-refractivity contribution is -0.117. The molecular weight excluding hydrogens is 305 g/mol. The van der Waals surface area contributed by atoms with E-state index in [-0.39, 0.29) is 0 Å². The Labute approximate surface area is 139 Å². The molecular formula is C19H16FN3O. The van der Waals surface area contributed by atoms with E-state index >= 15 is 0 Å². The molecule has 0 radical (unpaired) electrons. The molecule has 1 aromatic heterocycles. The normalized spacial score (nSPS) is 10.2. The van der Waals surface area contributed by atoms with Crippen molar-refractivity contribution in [3.63, 3.8) is 0 Å². The number of nitrogens with one attached hydrogen (secondary N) is 2. The number of halogens is 1. The smallest absolute Gasteiger partial charge is 0.255 e. The van der Waals surface area contributed by atoms with Gasteiger partial charge in [0.1, 0.15) is 0 Å². The number of carbonyl (C=O) groups excluding carboxylic acids is 1. The SMILES string of the molecule is O=C(CF)Nc1ccccc1-c1cccc(Nc2ccncc2)c1. The number of amides is 1. The lowest BCUT2D eigenvalue weighted by Crippen LogP contribution is -2.13. The summed E-state index contributed by atoms with van der Waals surface area (Å²) in [7, 11) is 0. The zero-order chi connectivity index (χ0) is 16.8. The molecule has 2 N–H and O–H groups in total. The number of nitrogens with zero attached hydrogens (tertiary/aromatic N) is 1. The first-order valence-electron chi connectivity index (χ1n) is 7.48. The van der Waals surface area contributed by atoms with Crippen molar-refractivity contribution in [1.82, 2.24) is 4.98 Å². The zero-order valence-electron chi connectivity index (χ0n) is 12.9. The van der Waals surface area contributed by atoms with Crippen LogP contribution in [0.2, 0.25) is 0 Å². The highest BCUT2D eigenvalue weighted by molar-refractivity contribution is 5.96. The highest BCUT2D eigenvalue weighted by Gasteiger charge is 2.08. The number of pyridine rings is 1. The Morgan fingerprint density at radius 3 is 2.54 bits per heavy atom. The zero-order valence-corrected chi connectivity index (χ0v) is 12.9. The number of anilines is 3. The van der Waals surface area contributed by atoms with Crippen molar-refractivity contribution in [2.24, 2.45) is 0 Å². The molecule has 24 heavy (non-hydrogen) atoms. The molecule has 120 valence electrons. The van der Waals surface area contributed by atoms with Crippen LogP contribution in [0.1, 0.15) is 0 Å². The van der Waals surface area contributed by atoms with Crippen LogP contribution in [0.3, 0.4) is 0 Å². The Balaban J connectivity index is 1.90. The summed E-state index contributed by atoms with van der Waals surface area (Å²) in [5.41, 5.74) is 4.18. The quantitative estimate of drug-likeness (QED) is 0.732. The van der Waals surface area contributed by atoms with Crippen LogP contribution >= 0.6 is 0 Å². The van der Waals surface area contributed by atoms with Gasteiger partial charge in [0.05, 0.1) is 0 Å². The Morgan fingerprint density at radius 1 is 0.958 bits per heavy atom. The Hall–Kier alpha value is -3.21. The molecule has 0 aliphatic heterocycles. The second-order valence-electron chi connectivity index (χ2n) is 5.17. The van der Waals surface area contributed by atoms with E-state index in [1.54, 1.807) is 24.5 Å². The van der Waals surface area contributed by atoms with Gasteiger partial charge in [-0.1, -0.05) is 30.3 Å². The van der Waals surface area contributed by atoms with Crippen molar-refractivity contribution >= 4 is 23.0 Å². The van der Waals surface area contributed by atoms with E-state index in [0.717, 1.165) is 22.5 Å². The highest BCUT2D eigenvalue weighted by atomic mass is 19.1.